The first-order valence-electron chi connectivity index (χ1n) is 5.55. The third-order valence-corrected chi connectivity index (χ3v) is 3.37. The number of aliphatic hydroxyl groups excluding tert-OH is 1. The number of halogens is 1. The van der Waals surface area contributed by atoms with Gasteiger partial charge in [0.2, 0.25) is 0 Å². The maximum Gasteiger partial charge on any atom is 0.129 e. The molecule has 0 aromatic carbocycles. The zero-order chi connectivity index (χ0) is 10.7. The van der Waals surface area contributed by atoms with Gasteiger partial charge in [-0.2, -0.15) is 0 Å². The Labute approximate surface area is 95.3 Å². The molecule has 0 bridgehead atoms. The predicted octanol–water partition coefficient (Wildman–Crippen LogP) is 3.35. The molecule has 82 valence electrons. The Hall–Kier alpha value is -0.600. The lowest BCUT2D eigenvalue weighted by Crippen LogP contribution is -2.04. The molecule has 0 spiro atoms. The van der Waals surface area contributed by atoms with E-state index in [1.165, 1.54) is 25.7 Å². The summed E-state index contributed by atoms with van der Waals surface area (Å²) in [7, 11) is 0. The highest BCUT2D eigenvalue weighted by atomic mass is 35.5. The average molecular weight is 226 g/mol. The fourth-order valence-corrected chi connectivity index (χ4v) is 2.50. The number of pyridine rings is 1. The molecule has 1 aromatic rings. The fraction of sp³-hybridized carbons (Fsp3) is 0.583. The van der Waals surface area contributed by atoms with E-state index < -0.39 is 0 Å². The summed E-state index contributed by atoms with van der Waals surface area (Å²) >= 11 is 5.78. The van der Waals surface area contributed by atoms with Crippen LogP contribution in [0.25, 0.3) is 0 Å². The van der Waals surface area contributed by atoms with Crippen LogP contribution in [0.2, 0.25) is 5.15 Å². The molecule has 1 N–H and O–H groups in total. The maximum absolute atomic E-state index is 10.0. The molecule has 0 saturated heterocycles. The lowest BCUT2D eigenvalue weighted by atomic mass is 9.96. The minimum atomic E-state index is -0.381. The van der Waals surface area contributed by atoms with Gasteiger partial charge < -0.3 is 5.11 Å². The predicted molar refractivity (Wildman–Crippen MR) is 60.8 cm³/mol. The number of aromatic nitrogens is 1. The van der Waals surface area contributed by atoms with Crippen molar-refractivity contribution in [3.8, 4) is 0 Å². The Bertz CT molecular complexity index is 323. The van der Waals surface area contributed by atoms with Crippen molar-refractivity contribution in [1.82, 2.24) is 4.98 Å². The summed E-state index contributed by atoms with van der Waals surface area (Å²) in [5.74, 6) is 0.687. The first kappa shape index (κ1) is 10.9. The molecule has 1 aromatic heterocycles. The third kappa shape index (κ3) is 2.93. The molecule has 0 aliphatic heterocycles. The third-order valence-electron chi connectivity index (χ3n) is 3.17. The summed E-state index contributed by atoms with van der Waals surface area (Å²) in [4.78, 5) is 3.91. The Balaban J connectivity index is 1.97. The Morgan fingerprint density at radius 2 is 2.20 bits per heavy atom. The topological polar surface area (TPSA) is 33.1 Å². The highest BCUT2D eigenvalue weighted by Crippen LogP contribution is 2.33. The zero-order valence-corrected chi connectivity index (χ0v) is 9.45. The van der Waals surface area contributed by atoms with Crippen molar-refractivity contribution < 1.29 is 5.11 Å². The van der Waals surface area contributed by atoms with E-state index in [-0.39, 0.29) is 6.10 Å². The normalized spacial score (nSPS) is 19.3. The van der Waals surface area contributed by atoms with E-state index in [2.05, 4.69) is 4.98 Å². The summed E-state index contributed by atoms with van der Waals surface area (Å²) in [6, 6.07) is 3.59. The molecule has 2 nitrogen and oxygen atoms in total. The molecular formula is C12H16ClNO. The fourth-order valence-electron chi connectivity index (χ4n) is 2.32. The average Bonchev–Trinajstić information content (AvgIpc) is 2.70. The van der Waals surface area contributed by atoms with E-state index in [1.54, 1.807) is 12.3 Å². The minimum absolute atomic E-state index is 0.381. The summed E-state index contributed by atoms with van der Waals surface area (Å²) in [6.45, 7) is 0. The van der Waals surface area contributed by atoms with Crippen LogP contribution in [0.1, 0.15) is 43.8 Å². The largest absolute Gasteiger partial charge is 0.388 e. The molecule has 15 heavy (non-hydrogen) atoms. The Morgan fingerprint density at radius 1 is 1.47 bits per heavy atom. The monoisotopic (exact) mass is 225 g/mol. The highest BCUT2D eigenvalue weighted by molar-refractivity contribution is 6.29. The molecule has 1 heterocycles. The second kappa shape index (κ2) is 4.95. The Kier molecular flexibility index (Phi) is 3.60. The van der Waals surface area contributed by atoms with E-state index in [0.717, 1.165) is 12.0 Å². The van der Waals surface area contributed by atoms with Crippen molar-refractivity contribution in [3.05, 3.63) is 29.0 Å². The van der Waals surface area contributed by atoms with E-state index in [1.807, 2.05) is 6.07 Å². The lowest BCUT2D eigenvalue weighted by Gasteiger charge is -2.15. The van der Waals surface area contributed by atoms with Gasteiger partial charge in [0.05, 0.1) is 6.10 Å². The highest BCUT2D eigenvalue weighted by Gasteiger charge is 2.19. The number of rotatable bonds is 3. The first-order chi connectivity index (χ1) is 7.25. The van der Waals surface area contributed by atoms with Crippen LogP contribution >= 0.6 is 11.6 Å². The van der Waals surface area contributed by atoms with Gasteiger partial charge in [0.25, 0.3) is 0 Å². The summed E-state index contributed by atoms with van der Waals surface area (Å²) in [5.41, 5.74) is 0.891. The van der Waals surface area contributed by atoms with E-state index >= 15 is 0 Å². The molecule has 1 aliphatic carbocycles. The van der Waals surface area contributed by atoms with Gasteiger partial charge in [0, 0.05) is 6.20 Å². The molecule has 1 aliphatic rings. The van der Waals surface area contributed by atoms with Gasteiger partial charge in [0.15, 0.2) is 0 Å². The molecule has 2 rings (SSSR count). The van der Waals surface area contributed by atoms with Gasteiger partial charge in [-0.1, -0.05) is 37.3 Å². The van der Waals surface area contributed by atoms with Crippen LogP contribution in [0.5, 0.6) is 0 Å². The molecule has 0 amide bonds. The molecule has 1 fully saturated rings. The second-order valence-corrected chi connectivity index (χ2v) is 4.70. The summed E-state index contributed by atoms with van der Waals surface area (Å²) in [6.07, 6.45) is 7.28. The van der Waals surface area contributed by atoms with E-state index in [9.17, 15) is 5.11 Å². The van der Waals surface area contributed by atoms with Crippen LogP contribution in [0, 0.1) is 5.92 Å². The van der Waals surface area contributed by atoms with Crippen molar-refractivity contribution in [3.63, 3.8) is 0 Å². The summed E-state index contributed by atoms with van der Waals surface area (Å²) < 4.78 is 0. The van der Waals surface area contributed by atoms with Crippen molar-refractivity contribution in [2.45, 2.75) is 38.2 Å². The molecule has 1 atom stereocenters. The molecular weight excluding hydrogens is 210 g/mol. The maximum atomic E-state index is 10.0. The SMILES string of the molecule is OC(CC1CCCC1)c1ccnc(Cl)c1. The quantitative estimate of drug-likeness (QED) is 0.801. The van der Waals surface area contributed by atoms with Crippen molar-refractivity contribution in [2.24, 2.45) is 5.92 Å². The van der Waals surface area contributed by atoms with Crippen LogP contribution in [0.3, 0.4) is 0 Å². The number of aliphatic hydroxyl groups is 1. The standard InChI is InChI=1S/C12H16ClNO/c13-12-8-10(5-6-14-12)11(15)7-9-3-1-2-4-9/h5-6,8-9,11,15H,1-4,7H2. The van der Waals surface area contributed by atoms with E-state index in [0.29, 0.717) is 11.1 Å². The number of hydrogen-bond acceptors (Lipinski definition) is 2. The smallest absolute Gasteiger partial charge is 0.129 e. The second-order valence-electron chi connectivity index (χ2n) is 4.31. The number of hydrogen-bond donors (Lipinski definition) is 1. The van der Waals surface area contributed by atoms with Crippen molar-refractivity contribution in [1.29, 1.82) is 0 Å². The molecule has 1 unspecified atom stereocenters. The van der Waals surface area contributed by atoms with Crippen LogP contribution in [0.4, 0.5) is 0 Å². The lowest BCUT2D eigenvalue weighted by molar-refractivity contribution is 0.145. The van der Waals surface area contributed by atoms with Gasteiger partial charge in [0.1, 0.15) is 5.15 Å². The molecule has 3 heteroatoms. The van der Waals surface area contributed by atoms with Gasteiger partial charge in [-0.15, -0.1) is 0 Å². The minimum Gasteiger partial charge on any atom is -0.388 e. The zero-order valence-electron chi connectivity index (χ0n) is 8.69. The van der Waals surface area contributed by atoms with Crippen molar-refractivity contribution in [2.75, 3.05) is 0 Å². The van der Waals surface area contributed by atoms with Crippen LogP contribution in [0.15, 0.2) is 18.3 Å². The molecule has 1 saturated carbocycles. The van der Waals surface area contributed by atoms with Crippen LogP contribution in [-0.4, -0.2) is 10.1 Å². The van der Waals surface area contributed by atoms with Crippen LogP contribution < -0.4 is 0 Å². The van der Waals surface area contributed by atoms with Gasteiger partial charge in [-0.05, 0) is 30.0 Å². The van der Waals surface area contributed by atoms with E-state index in [4.69, 9.17) is 11.6 Å². The number of nitrogens with zero attached hydrogens (tertiary/aromatic N) is 1. The van der Waals surface area contributed by atoms with Gasteiger partial charge >= 0.3 is 0 Å². The van der Waals surface area contributed by atoms with Crippen molar-refractivity contribution >= 4 is 11.6 Å². The van der Waals surface area contributed by atoms with Crippen LogP contribution in [-0.2, 0) is 0 Å². The van der Waals surface area contributed by atoms with Gasteiger partial charge in [-0.3, -0.25) is 0 Å². The first-order valence-corrected chi connectivity index (χ1v) is 5.93. The molecule has 0 radical (unpaired) electrons. The summed E-state index contributed by atoms with van der Waals surface area (Å²) in [5, 5.41) is 10.5. The Morgan fingerprint density at radius 3 is 2.87 bits per heavy atom. The van der Waals surface area contributed by atoms with Gasteiger partial charge in [-0.25, -0.2) is 4.98 Å².